The van der Waals surface area contributed by atoms with E-state index in [4.69, 9.17) is 10.5 Å². The Morgan fingerprint density at radius 1 is 1.13 bits per heavy atom. The minimum Gasteiger partial charge on any atom is -0.461 e. The number of esters is 1. The number of hydrogen-bond acceptors (Lipinski definition) is 4. The van der Waals surface area contributed by atoms with Crippen LogP contribution in [0.2, 0.25) is 0 Å². The molecule has 1 aliphatic rings. The summed E-state index contributed by atoms with van der Waals surface area (Å²) in [5, 5.41) is 2.89. The molecular formula is C18H34N2O3. The Balaban J connectivity index is 2.66. The van der Waals surface area contributed by atoms with E-state index in [0.29, 0.717) is 25.3 Å². The molecule has 0 unspecified atom stereocenters. The second kappa shape index (κ2) is 9.26. The molecule has 1 amide bonds. The van der Waals surface area contributed by atoms with Gasteiger partial charge in [0.05, 0.1) is 6.10 Å². The van der Waals surface area contributed by atoms with Crippen LogP contribution in [0.1, 0.15) is 72.6 Å². The molecule has 5 nitrogen and oxygen atoms in total. The van der Waals surface area contributed by atoms with E-state index in [1.807, 2.05) is 27.7 Å². The van der Waals surface area contributed by atoms with Crippen LogP contribution in [0.15, 0.2) is 0 Å². The fourth-order valence-corrected chi connectivity index (χ4v) is 3.34. The first-order valence-corrected chi connectivity index (χ1v) is 8.98. The number of rotatable bonds is 8. The highest BCUT2D eigenvalue weighted by atomic mass is 16.5. The summed E-state index contributed by atoms with van der Waals surface area (Å²) < 4.78 is 5.28. The van der Waals surface area contributed by atoms with Gasteiger partial charge in [-0.15, -0.1) is 0 Å². The van der Waals surface area contributed by atoms with Crippen LogP contribution in [-0.4, -0.2) is 30.6 Å². The van der Waals surface area contributed by atoms with Gasteiger partial charge < -0.3 is 15.8 Å². The van der Waals surface area contributed by atoms with Crippen molar-refractivity contribution >= 4 is 11.9 Å². The van der Waals surface area contributed by atoms with Crippen molar-refractivity contribution in [2.75, 3.05) is 6.54 Å². The van der Waals surface area contributed by atoms with Gasteiger partial charge in [-0.3, -0.25) is 4.79 Å². The largest absolute Gasteiger partial charge is 0.461 e. The molecular weight excluding hydrogens is 292 g/mol. The van der Waals surface area contributed by atoms with Gasteiger partial charge in [-0.05, 0) is 51.0 Å². The maximum absolute atomic E-state index is 12.5. The van der Waals surface area contributed by atoms with Crippen LogP contribution in [0.4, 0.5) is 0 Å². The second-order valence-corrected chi connectivity index (χ2v) is 7.68. The third kappa shape index (κ3) is 6.90. The monoisotopic (exact) mass is 326 g/mol. The molecule has 1 rings (SSSR count). The lowest BCUT2D eigenvalue weighted by atomic mass is 9.71. The number of ether oxygens (including phenoxy) is 1. The van der Waals surface area contributed by atoms with E-state index >= 15 is 0 Å². The van der Waals surface area contributed by atoms with Gasteiger partial charge in [0, 0.05) is 6.42 Å². The van der Waals surface area contributed by atoms with Crippen molar-refractivity contribution in [2.45, 2.75) is 84.8 Å². The summed E-state index contributed by atoms with van der Waals surface area (Å²) in [7, 11) is 0. The van der Waals surface area contributed by atoms with Gasteiger partial charge in [0.1, 0.15) is 6.04 Å². The fraction of sp³-hybridized carbons (Fsp3) is 0.889. The lowest BCUT2D eigenvalue weighted by molar-refractivity contribution is -0.152. The highest BCUT2D eigenvalue weighted by Gasteiger charge is 2.34. The van der Waals surface area contributed by atoms with Gasteiger partial charge in [-0.2, -0.15) is 0 Å². The third-order valence-corrected chi connectivity index (χ3v) is 4.56. The molecule has 134 valence electrons. The van der Waals surface area contributed by atoms with Crippen molar-refractivity contribution in [3.05, 3.63) is 0 Å². The standard InChI is InChI=1S/C18H34N2O3/c1-13(2)10-15(17(22)23-14(3)4)20-16(21)11-18(12-19)8-6-5-7-9-18/h13-15H,5-12,19H2,1-4H3,(H,20,21)/t15-/m0/s1. The molecule has 1 aliphatic carbocycles. The lowest BCUT2D eigenvalue weighted by Gasteiger charge is -2.36. The van der Waals surface area contributed by atoms with Crippen LogP contribution in [0.25, 0.3) is 0 Å². The summed E-state index contributed by atoms with van der Waals surface area (Å²) >= 11 is 0. The third-order valence-electron chi connectivity index (χ3n) is 4.56. The molecule has 0 radical (unpaired) electrons. The maximum atomic E-state index is 12.5. The molecule has 0 aromatic carbocycles. The Morgan fingerprint density at radius 3 is 2.22 bits per heavy atom. The van der Waals surface area contributed by atoms with E-state index in [9.17, 15) is 9.59 Å². The van der Waals surface area contributed by atoms with E-state index < -0.39 is 6.04 Å². The number of carbonyl (C=O) groups is 2. The minimum atomic E-state index is -0.566. The molecule has 0 aromatic rings. The smallest absolute Gasteiger partial charge is 0.328 e. The molecule has 0 bridgehead atoms. The normalized spacial score (nSPS) is 18.7. The predicted octanol–water partition coefficient (Wildman–Crippen LogP) is 2.77. The first kappa shape index (κ1) is 19.9. The number of nitrogens with one attached hydrogen (secondary N) is 1. The number of amides is 1. The summed E-state index contributed by atoms with van der Waals surface area (Å²) in [6.07, 6.45) is 6.32. The Labute approximate surface area is 140 Å². The van der Waals surface area contributed by atoms with Gasteiger partial charge in [-0.25, -0.2) is 4.79 Å². The van der Waals surface area contributed by atoms with Gasteiger partial charge in [0.2, 0.25) is 5.91 Å². The minimum absolute atomic E-state index is 0.0799. The summed E-state index contributed by atoms with van der Waals surface area (Å²) in [6.45, 7) is 8.23. The van der Waals surface area contributed by atoms with Crippen molar-refractivity contribution in [3.63, 3.8) is 0 Å². The number of hydrogen-bond donors (Lipinski definition) is 2. The highest BCUT2D eigenvalue weighted by Crippen LogP contribution is 2.38. The zero-order chi connectivity index (χ0) is 17.5. The first-order chi connectivity index (χ1) is 10.8. The molecule has 1 saturated carbocycles. The zero-order valence-electron chi connectivity index (χ0n) is 15.2. The molecule has 1 fully saturated rings. The van der Waals surface area contributed by atoms with Crippen molar-refractivity contribution in [1.82, 2.24) is 5.32 Å². The molecule has 0 aliphatic heterocycles. The van der Waals surface area contributed by atoms with Gasteiger partial charge in [0.25, 0.3) is 0 Å². The van der Waals surface area contributed by atoms with Crippen LogP contribution in [0.5, 0.6) is 0 Å². The SMILES string of the molecule is CC(C)C[C@H](NC(=O)CC1(CN)CCCCC1)C(=O)OC(C)C. The molecule has 1 atom stereocenters. The van der Waals surface area contributed by atoms with Crippen LogP contribution in [0, 0.1) is 11.3 Å². The van der Waals surface area contributed by atoms with Crippen molar-refractivity contribution < 1.29 is 14.3 Å². The number of carbonyl (C=O) groups excluding carboxylic acids is 2. The van der Waals surface area contributed by atoms with Crippen molar-refractivity contribution in [2.24, 2.45) is 17.1 Å². The molecule has 0 saturated heterocycles. The predicted molar refractivity (Wildman–Crippen MR) is 91.8 cm³/mol. The topological polar surface area (TPSA) is 81.4 Å². The summed E-state index contributed by atoms with van der Waals surface area (Å²) in [4.78, 5) is 24.7. The van der Waals surface area contributed by atoms with Gasteiger partial charge in [-0.1, -0.05) is 33.1 Å². The number of nitrogens with two attached hydrogens (primary N) is 1. The summed E-state index contributed by atoms with van der Waals surface area (Å²) in [5.74, 6) is -0.116. The summed E-state index contributed by atoms with van der Waals surface area (Å²) in [5.41, 5.74) is 5.86. The van der Waals surface area contributed by atoms with E-state index in [1.165, 1.54) is 6.42 Å². The van der Waals surface area contributed by atoms with E-state index in [2.05, 4.69) is 5.32 Å². The Bertz CT molecular complexity index is 388. The summed E-state index contributed by atoms with van der Waals surface area (Å²) in [6, 6.07) is -0.566. The Hall–Kier alpha value is -1.10. The average molecular weight is 326 g/mol. The average Bonchev–Trinajstić information content (AvgIpc) is 2.46. The van der Waals surface area contributed by atoms with E-state index in [0.717, 1.165) is 25.7 Å². The van der Waals surface area contributed by atoms with Crippen LogP contribution < -0.4 is 11.1 Å². The quantitative estimate of drug-likeness (QED) is 0.672. The van der Waals surface area contributed by atoms with Gasteiger partial charge >= 0.3 is 5.97 Å². The van der Waals surface area contributed by atoms with E-state index in [-0.39, 0.29) is 23.4 Å². The van der Waals surface area contributed by atoms with Crippen LogP contribution in [-0.2, 0) is 14.3 Å². The van der Waals surface area contributed by atoms with Crippen molar-refractivity contribution in [3.8, 4) is 0 Å². The van der Waals surface area contributed by atoms with Gasteiger partial charge in [0.15, 0.2) is 0 Å². The highest BCUT2D eigenvalue weighted by molar-refractivity contribution is 5.84. The first-order valence-electron chi connectivity index (χ1n) is 8.98. The molecule has 3 N–H and O–H groups in total. The van der Waals surface area contributed by atoms with E-state index in [1.54, 1.807) is 0 Å². The molecule has 0 heterocycles. The lowest BCUT2D eigenvalue weighted by Crippen LogP contribution is -2.46. The zero-order valence-corrected chi connectivity index (χ0v) is 15.2. The fourth-order valence-electron chi connectivity index (χ4n) is 3.34. The molecule has 23 heavy (non-hydrogen) atoms. The second-order valence-electron chi connectivity index (χ2n) is 7.68. The van der Waals surface area contributed by atoms with Crippen LogP contribution in [0.3, 0.4) is 0 Å². The Kier molecular flexibility index (Phi) is 8.03. The molecule has 0 aromatic heterocycles. The van der Waals surface area contributed by atoms with Crippen LogP contribution >= 0.6 is 0 Å². The van der Waals surface area contributed by atoms with Crippen molar-refractivity contribution in [1.29, 1.82) is 0 Å². The Morgan fingerprint density at radius 2 is 1.74 bits per heavy atom. The molecule has 5 heteroatoms. The maximum Gasteiger partial charge on any atom is 0.328 e. The molecule has 0 spiro atoms.